The normalized spacial score (nSPS) is 26.4. The average molecular weight is 324 g/mol. The molecule has 1 aromatic heterocycles. The van der Waals surface area contributed by atoms with E-state index in [9.17, 15) is 5.11 Å². The van der Waals surface area contributed by atoms with Crippen LogP contribution in [-0.4, -0.2) is 40.7 Å². The average Bonchev–Trinajstić information content (AvgIpc) is 3.13. The second-order valence-electron chi connectivity index (χ2n) is 7.06. The highest BCUT2D eigenvalue weighted by Gasteiger charge is 2.41. The zero-order chi connectivity index (χ0) is 16.4. The molecule has 0 amide bonds. The minimum atomic E-state index is 0.235. The van der Waals surface area contributed by atoms with Gasteiger partial charge < -0.3 is 14.7 Å². The lowest BCUT2D eigenvalue weighted by Crippen LogP contribution is -2.26. The predicted octanol–water partition coefficient (Wildman–Crippen LogP) is 3.12. The van der Waals surface area contributed by atoms with Gasteiger partial charge in [-0.3, -0.25) is 4.98 Å². The highest BCUT2D eigenvalue weighted by molar-refractivity contribution is 5.21. The second kappa shape index (κ2) is 6.81. The van der Waals surface area contributed by atoms with Crippen LogP contribution >= 0.6 is 0 Å². The molecular weight excluding hydrogens is 300 g/mol. The van der Waals surface area contributed by atoms with Crippen molar-refractivity contribution in [3.8, 4) is 11.5 Å². The molecule has 126 valence electrons. The summed E-state index contributed by atoms with van der Waals surface area (Å²) in [6.45, 7) is 3.41. The molecule has 3 atom stereocenters. The monoisotopic (exact) mass is 324 g/mol. The van der Waals surface area contributed by atoms with Crippen LogP contribution in [0.3, 0.4) is 0 Å². The van der Waals surface area contributed by atoms with E-state index in [1.165, 1.54) is 32.1 Å². The van der Waals surface area contributed by atoms with Gasteiger partial charge in [0.05, 0.1) is 12.3 Å². The lowest BCUT2D eigenvalue weighted by atomic mass is 10.0. The maximum absolute atomic E-state index is 9.29. The fourth-order valence-electron chi connectivity index (χ4n) is 4.15. The van der Waals surface area contributed by atoms with Crippen molar-refractivity contribution in [3.63, 3.8) is 0 Å². The van der Waals surface area contributed by atoms with Crippen molar-refractivity contribution in [1.29, 1.82) is 0 Å². The van der Waals surface area contributed by atoms with Crippen LogP contribution in [0.25, 0.3) is 0 Å². The Morgan fingerprint density at radius 2 is 1.79 bits per heavy atom. The summed E-state index contributed by atoms with van der Waals surface area (Å²) in [7, 11) is 0. The largest absolute Gasteiger partial charge is 0.506 e. The summed E-state index contributed by atoms with van der Waals surface area (Å²) in [5.41, 5.74) is 1.05. The first kappa shape index (κ1) is 15.5. The summed E-state index contributed by atoms with van der Waals surface area (Å²) in [4.78, 5) is 6.83. The van der Waals surface area contributed by atoms with E-state index in [-0.39, 0.29) is 5.75 Å². The van der Waals surface area contributed by atoms with Gasteiger partial charge in [0.2, 0.25) is 0 Å². The Hall–Kier alpha value is -2.07. The van der Waals surface area contributed by atoms with Crippen LogP contribution in [0.1, 0.15) is 18.5 Å². The van der Waals surface area contributed by atoms with Gasteiger partial charge in [0.15, 0.2) is 0 Å². The van der Waals surface area contributed by atoms with Crippen LogP contribution < -0.4 is 4.74 Å². The summed E-state index contributed by atoms with van der Waals surface area (Å²) in [5, 5.41) is 9.29. The predicted molar refractivity (Wildman–Crippen MR) is 93.1 cm³/mol. The molecular formula is C20H24N2O2. The maximum Gasteiger partial charge on any atom is 0.133 e. The summed E-state index contributed by atoms with van der Waals surface area (Å²) in [6, 6.07) is 13.8. The van der Waals surface area contributed by atoms with Gasteiger partial charge in [-0.25, -0.2) is 0 Å². The zero-order valence-electron chi connectivity index (χ0n) is 13.8. The summed E-state index contributed by atoms with van der Waals surface area (Å²) < 4.78 is 6.14. The Morgan fingerprint density at radius 1 is 1.04 bits per heavy atom. The number of aromatic nitrogens is 1. The second-order valence-corrected chi connectivity index (χ2v) is 7.06. The van der Waals surface area contributed by atoms with Crippen molar-refractivity contribution < 1.29 is 9.84 Å². The Labute approximate surface area is 143 Å². The van der Waals surface area contributed by atoms with Crippen LogP contribution in [0.15, 0.2) is 48.7 Å². The van der Waals surface area contributed by atoms with Crippen molar-refractivity contribution in [2.75, 3.05) is 19.6 Å². The quantitative estimate of drug-likeness (QED) is 0.918. The molecule has 4 nitrogen and oxygen atoms in total. The van der Waals surface area contributed by atoms with Gasteiger partial charge in [-0.1, -0.05) is 18.2 Å². The lowest BCUT2D eigenvalue weighted by Gasteiger charge is -2.19. The zero-order valence-corrected chi connectivity index (χ0v) is 13.8. The van der Waals surface area contributed by atoms with E-state index in [0.717, 1.165) is 36.2 Å². The first-order valence-electron chi connectivity index (χ1n) is 8.84. The van der Waals surface area contributed by atoms with E-state index in [4.69, 9.17) is 4.74 Å². The summed E-state index contributed by atoms with van der Waals surface area (Å²) in [5.74, 6) is 2.77. The van der Waals surface area contributed by atoms with Crippen LogP contribution in [0.4, 0.5) is 0 Å². The molecule has 1 aliphatic carbocycles. The van der Waals surface area contributed by atoms with Gasteiger partial charge >= 0.3 is 0 Å². The van der Waals surface area contributed by atoms with Gasteiger partial charge in [0.1, 0.15) is 11.5 Å². The molecule has 2 fully saturated rings. The highest BCUT2D eigenvalue weighted by atomic mass is 16.5. The van der Waals surface area contributed by atoms with E-state index in [0.29, 0.717) is 6.10 Å². The van der Waals surface area contributed by atoms with Crippen molar-refractivity contribution in [1.82, 2.24) is 9.88 Å². The minimum Gasteiger partial charge on any atom is -0.506 e. The fourth-order valence-corrected chi connectivity index (χ4v) is 4.15. The van der Waals surface area contributed by atoms with Crippen LogP contribution in [0.5, 0.6) is 11.5 Å². The van der Waals surface area contributed by atoms with Crippen LogP contribution in [0, 0.1) is 11.8 Å². The van der Waals surface area contributed by atoms with Crippen molar-refractivity contribution in [3.05, 3.63) is 54.4 Å². The summed E-state index contributed by atoms with van der Waals surface area (Å²) in [6.07, 6.45) is 5.20. The topological polar surface area (TPSA) is 45.6 Å². The molecule has 1 saturated heterocycles. The standard InChI is InChI=1S/C20H24N2O2/c23-18-7-6-17(21-12-18)8-9-22-13-15-10-20(11-16(15)14-22)24-19-4-2-1-3-5-19/h1-7,12,15-16,20,23H,8-11,13-14H2/t15-,16+,20?. The molecule has 1 unspecified atom stereocenters. The van der Waals surface area contributed by atoms with Crippen molar-refractivity contribution in [2.24, 2.45) is 11.8 Å². The van der Waals surface area contributed by atoms with E-state index >= 15 is 0 Å². The Bertz CT molecular complexity index is 645. The number of ether oxygens (including phenoxy) is 1. The van der Waals surface area contributed by atoms with Crippen LogP contribution in [0.2, 0.25) is 0 Å². The first-order chi connectivity index (χ1) is 11.8. The molecule has 2 aliphatic rings. The maximum atomic E-state index is 9.29. The number of likely N-dealkylation sites (tertiary alicyclic amines) is 1. The Balaban J connectivity index is 1.25. The molecule has 0 bridgehead atoms. The molecule has 0 radical (unpaired) electrons. The molecule has 1 aromatic carbocycles. The molecule has 4 rings (SSSR count). The molecule has 24 heavy (non-hydrogen) atoms. The third-order valence-electron chi connectivity index (χ3n) is 5.32. The van der Waals surface area contributed by atoms with Crippen molar-refractivity contribution >= 4 is 0 Å². The molecule has 1 N–H and O–H groups in total. The van der Waals surface area contributed by atoms with E-state index in [1.807, 2.05) is 36.4 Å². The lowest BCUT2D eigenvalue weighted by molar-refractivity contribution is 0.186. The first-order valence-corrected chi connectivity index (χ1v) is 8.84. The van der Waals surface area contributed by atoms with Gasteiger partial charge in [0.25, 0.3) is 0 Å². The van der Waals surface area contributed by atoms with Crippen LogP contribution in [-0.2, 0) is 6.42 Å². The molecule has 1 saturated carbocycles. The SMILES string of the molecule is Oc1ccc(CCN2C[C@H]3CC(Oc4ccccc4)C[C@H]3C2)nc1. The smallest absolute Gasteiger partial charge is 0.133 e. The number of pyridine rings is 1. The van der Waals surface area contributed by atoms with Gasteiger partial charge in [0, 0.05) is 31.7 Å². The number of benzene rings is 1. The van der Waals surface area contributed by atoms with E-state index < -0.39 is 0 Å². The minimum absolute atomic E-state index is 0.235. The van der Waals surface area contributed by atoms with Gasteiger partial charge in [-0.2, -0.15) is 0 Å². The fraction of sp³-hybridized carbons (Fsp3) is 0.450. The molecule has 1 aliphatic heterocycles. The molecule has 2 aromatic rings. The highest BCUT2D eigenvalue weighted by Crippen LogP contribution is 2.39. The number of hydrogen-bond acceptors (Lipinski definition) is 4. The number of nitrogens with zero attached hydrogens (tertiary/aromatic N) is 2. The number of fused-ring (bicyclic) bond motifs is 1. The van der Waals surface area contributed by atoms with E-state index in [1.54, 1.807) is 6.07 Å². The Morgan fingerprint density at radius 3 is 2.46 bits per heavy atom. The number of rotatable bonds is 5. The Kier molecular flexibility index (Phi) is 4.39. The third-order valence-corrected chi connectivity index (χ3v) is 5.32. The van der Waals surface area contributed by atoms with Gasteiger partial charge in [-0.05, 0) is 48.9 Å². The number of aromatic hydroxyl groups is 1. The molecule has 0 spiro atoms. The third kappa shape index (κ3) is 3.54. The summed E-state index contributed by atoms with van der Waals surface area (Å²) >= 11 is 0. The van der Waals surface area contributed by atoms with E-state index in [2.05, 4.69) is 9.88 Å². The van der Waals surface area contributed by atoms with Gasteiger partial charge in [-0.15, -0.1) is 0 Å². The van der Waals surface area contributed by atoms with Crippen molar-refractivity contribution in [2.45, 2.75) is 25.4 Å². The number of para-hydroxylation sites is 1. The molecule has 2 heterocycles. The molecule has 4 heteroatoms. The number of hydrogen-bond donors (Lipinski definition) is 1.